The summed E-state index contributed by atoms with van der Waals surface area (Å²) in [5.41, 5.74) is 3.08. The van der Waals surface area contributed by atoms with Crippen molar-refractivity contribution in [3.05, 3.63) is 41.7 Å². The van der Waals surface area contributed by atoms with E-state index in [-0.39, 0.29) is 5.92 Å². The standard InChI is InChI=1S/C25H38N2O/c1-5-22-23(12-11-19(2)9-8-13-25(3)15-24(22)25)20(18-28)16-27(4)17-21-10-6-7-14-26-21/h6-7,9-10,14,18,20,22-24H,5,8,11-13,15-17H2,1-4H3/b19-9+. The Morgan fingerprint density at radius 2 is 2.21 bits per heavy atom. The number of rotatable bonds is 7. The number of aldehydes is 1. The number of hydrogen-bond acceptors (Lipinski definition) is 3. The van der Waals surface area contributed by atoms with E-state index in [4.69, 9.17) is 0 Å². The SMILES string of the molecule is CCC1C(C(C=O)CN(C)Cc2ccccn2)CC/C(C)=C/CCC2(C)CC12. The molecule has 0 spiro atoms. The van der Waals surface area contributed by atoms with Crippen molar-refractivity contribution in [3.63, 3.8) is 0 Å². The van der Waals surface area contributed by atoms with E-state index in [0.717, 1.165) is 37.5 Å². The van der Waals surface area contributed by atoms with Gasteiger partial charge in [0.2, 0.25) is 0 Å². The monoisotopic (exact) mass is 382 g/mol. The smallest absolute Gasteiger partial charge is 0.124 e. The molecule has 5 atom stereocenters. The number of aromatic nitrogens is 1. The van der Waals surface area contributed by atoms with Crippen LogP contribution in [-0.2, 0) is 11.3 Å². The molecule has 3 heteroatoms. The van der Waals surface area contributed by atoms with E-state index in [2.05, 4.69) is 49.8 Å². The molecule has 0 radical (unpaired) electrons. The second-order valence-corrected chi connectivity index (χ2v) is 9.65. The summed E-state index contributed by atoms with van der Waals surface area (Å²) in [6.07, 6.45) is 12.9. The molecular weight excluding hydrogens is 344 g/mol. The van der Waals surface area contributed by atoms with E-state index in [1.807, 2.05) is 18.3 Å². The molecule has 0 saturated heterocycles. The first-order chi connectivity index (χ1) is 13.5. The molecule has 3 rings (SSSR count). The Morgan fingerprint density at radius 3 is 2.89 bits per heavy atom. The van der Waals surface area contributed by atoms with Crippen LogP contribution in [0.3, 0.4) is 0 Å². The lowest BCUT2D eigenvalue weighted by molar-refractivity contribution is -0.114. The van der Waals surface area contributed by atoms with Crippen LogP contribution in [0.2, 0.25) is 0 Å². The van der Waals surface area contributed by atoms with Gasteiger partial charge in [0, 0.05) is 25.2 Å². The Hall–Kier alpha value is -1.48. The number of hydrogen-bond donors (Lipinski definition) is 0. The van der Waals surface area contributed by atoms with Crippen molar-refractivity contribution >= 4 is 6.29 Å². The predicted octanol–water partition coefficient (Wildman–Crippen LogP) is 5.52. The van der Waals surface area contributed by atoms with Gasteiger partial charge in [-0.2, -0.15) is 0 Å². The van der Waals surface area contributed by atoms with E-state index in [9.17, 15) is 4.79 Å². The van der Waals surface area contributed by atoms with E-state index < -0.39 is 0 Å². The quantitative estimate of drug-likeness (QED) is 0.460. The number of carbonyl (C=O) groups excluding carboxylic acids is 1. The van der Waals surface area contributed by atoms with Crippen molar-refractivity contribution in [2.75, 3.05) is 13.6 Å². The largest absolute Gasteiger partial charge is 0.303 e. The summed E-state index contributed by atoms with van der Waals surface area (Å²) in [6, 6.07) is 6.05. The molecule has 3 nitrogen and oxygen atoms in total. The minimum absolute atomic E-state index is 0.107. The van der Waals surface area contributed by atoms with E-state index in [1.165, 1.54) is 37.5 Å². The maximum Gasteiger partial charge on any atom is 0.124 e. The summed E-state index contributed by atoms with van der Waals surface area (Å²) in [5.74, 6) is 2.07. The molecule has 0 amide bonds. The Bertz CT molecular complexity index is 670. The summed E-state index contributed by atoms with van der Waals surface area (Å²) in [7, 11) is 2.12. The van der Waals surface area contributed by atoms with Gasteiger partial charge in [0.25, 0.3) is 0 Å². The van der Waals surface area contributed by atoms with Gasteiger partial charge in [-0.05, 0) is 81.4 Å². The Balaban J connectivity index is 1.74. The molecule has 1 saturated carbocycles. The first-order valence-corrected chi connectivity index (χ1v) is 11.2. The third-order valence-electron chi connectivity index (χ3n) is 7.44. The van der Waals surface area contributed by atoms with Gasteiger partial charge in [0.05, 0.1) is 5.69 Å². The molecule has 154 valence electrons. The summed E-state index contributed by atoms with van der Waals surface area (Å²) < 4.78 is 0. The topological polar surface area (TPSA) is 33.2 Å². The number of pyridine rings is 1. The number of allylic oxidation sites excluding steroid dienone is 2. The molecule has 1 aromatic heterocycles. The maximum atomic E-state index is 12.2. The van der Waals surface area contributed by atoms with Crippen LogP contribution in [0.5, 0.6) is 0 Å². The van der Waals surface area contributed by atoms with Gasteiger partial charge in [-0.3, -0.25) is 9.88 Å². The van der Waals surface area contributed by atoms with Crippen molar-refractivity contribution in [3.8, 4) is 0 Å². The third-order valence-corrected chi connectivity index (χ3v) is 7.44. The zero-order valence-electron chi connectivity index (χ0n) is 18.2. The van der Waals surface area contributed by atoms with Gasteiger partial charge < -0.3 is 4.79 Å². The van der Waals surface area contributed by atoms with Crippen LogP contribution in [0.15, 0.2) is 36.0 Å². The Kier molecular flexibility index (Phi) is 7.09. The predicted molar refractivity (Wildman–Crippen MR) is 116 cm³/mol. The van der Waals surface area contributed by atoms with E-state index in [0.29, 0.717) is 17.3 Å². The number of fused-ring (bicyclic) bond motifs is 1. The second kappa shape index (κ2) is 9.35. The number of nitrogens with zero attached hydrogens (tertiary/aromatic N) is 2. The lowest BCUT2D eigenvalue weighted by Crippen LogP contribution is -2.35. The minimum atomic E-state index is 0.107. The molecule has 28 heavy (non-hydrogen) atoms. The first-order valence-electron chi connectivity index (χ1n) is 11.2. The summed E-state index contributed by atoms with van der Waals surface area (Å²) in [5, 5.41) is 0. The first kappa shape index (κ1) is 21.2. The van der Waals surface area contributed by atoms with Gasteiger partial charge in [-0.1, -0.05) is 38.0 Å². The summed E-state index contributed by atoms with van der Waals surface area (Å²) >= 11 is 0. The van der Waals surface area contributed by atoms with Crippen molar-refractivity contribution in [2.24, 2.45) is 29.1 Å². The molecule has 2 aliphatic carbocycles. The highest BCUT2D eigenvalue weighted by atomic mass is 16.1. The fourth-order valence-electron chi connectivity index (χ4n) is 5.65. The van der Waals surface area contributed by atoms with Crippen LogP contribution in [-0.4, -0.2) is 29.8 Å². The Morgan fingerprint density at radius 1 is 1.39 bits per heavy atom. The van der Waals surface area contributed by atoms with Crippen molar-refractivity contribution < 1.29 is 4.79 Å². The van der Waals surface area contributed by atoms with Gasteiger partial charge >= 0.3 is 0 Å². The molecule has 1 fully saturated rings. The van der Waals surface area contributed by atoms with Gasteiger partial charge in [-0.15, -0.1) is 0 Å². The van der Waals surface area contributed by atoms with Crippen molar-refractivity contribution in [1.29, 1.82) is 0 Å². The van der Waals surface area contributed by atoms with Crippen LogP contribution in [0.1, 0.15) is 65.0 Å². The highest BCUT2D eigenvalue weighted by Crippen LogP contribution is 2.62. The normalized spacial score (nSPS) is 33.5. The lowest BCUT2D eigenvalue weighted by atomic mass is 9.72. The molecular formula is C25H38N2O. The van der Waals surface area contributed by atoms with Gasteiger partial charge in [0.1, 0.15) is 6.29 Å². The zero-order chi connectivity index (χ0) is 20.1. The van der Waals surface area contributed by atoms with Gasteiger partial charge in [0.15, 0.2) is 0 Å². The fourth-order valence-corrected chi connectivity index (χ4v) is 5.65. The highest BCUT2D eigenvalue weighted by molar-refractivity contribution is 5.54. The molecule has 0 N–H and O–H groups in total. The molecule has 0 aromatic carbocycles. The molecule has 2 aliphatic rings. The molecule has 5 unspecified atom stereocenters. The molecule has 1 heterocycles. The third kappa shape index (κ3) is 5.11. The molecule has 1 aromatic rings. The average Bonchev–Trinajstić information content (AvgIpc) is 3.34. The molecule has 0 bridgehead atoms. The lowest BCUT2D eigenvalue weighted by Gasteiger charge is -2.35. The minimum Gasteiger partial charge on any atom is -0.303 e. The summed E-state index contributed by atoms with van der Waals surface area (Å²) in [4.78, 5) is 19.0. The van der Waals surface area contributed by atoms with Crippen LogP contribution in [0.4, 0.5) is 0 Å². The van der Waals surface area contributed by atoms with E-state index >= 15 is 0 Å². The Labute approximate surface area is 171 Å². The number of carbonyl (C=O) groups is 1. The van der Waals surface area contributed by atoms with Crippen molar-refractivity contribution in [2.45, 2.75) is 65.8 Å². The van der Waals surface area contributed by atoms with Crippen LogP contribution < -0.4 is 0 Å². The highest BCUT2D eigenvalue weighted by Gasteiger charge is 2.54. The van der Waals surface area contributed by atoms with Crippen LogP contribution in [0.25, 0.3) is 0 Å². The maximum absolute atomic E-state index is 12.2. The summed E-state index contributed by atoms with van der Waals surface area (Å²) in [6.45, 7) is 8.72. The van der Waals surface area contributed by atoms with Crippen LogP contribution >= 0.6 is 0 Å². The van der Waals surface area contributed by atoms with Crippen LogP contribution in [0, 0.1) is 29.1 Å². The second-order valence-electron chi connectivity index (χ2n) is 9.65. The fraction of sp³-hybridized carbons (Fsp3) is 0.680. The molecule has 0 aliphatic heterocycles. The average molecular weight is 383 g/mol. The van der Waals surface area contributed by atoms with Gasteiger partial charge in [-0.25, -0.2) is 0 Å². The zero-order valence-corrected chi connectivity index (χ0v) is 18.2. The van der Waals surface area contributed by atoms with E-state index in [1.54, 1.807) is 0 Å². The van der Waals surface area contributed by atoms with Crippen molar-refractivity contribution in [1.82, 2.24) is 9.88 Å².